The van der Waals surface area contributed by atoms with Crippen LogP contribution in [0.1, 0.15) is 33.6 Å². The largest absolute Gasteiger partial charge is 0.302 e. The molecule has 1 N–H and O–H groups in total. The molecule has 2 aromatic carbocycles. The molecule has 0 unspecified atom stereocenters. The number of aromatic nitrogens is 1. The minimum Gasteiger partial charge on any atom is -0.302 e. The van der Waals surface area contributed by atoms with Crippen LogP contribution in [0.5, 0.6) is 0 Å². The number of thiazole rings is 1. The third kappa shape index (κ3) is 3.67. The topological polar surface area (TPSA) is 79.4 Å². The van der Waals surface area contributed by atoms with Crippen molar-refractivity contribution in [1.82, 2.24) is 9.88 Å². The fraction of sp³-hybridized carbons (Fsp3) is 0.158. The van der Waals surface area contributed by atoms with Gasteiger partial charge in [-0.25, -0.2) is 4.98 Å². The first-order chi connectivity index (χ1) is 13.4. The Hall–Kier alpha value is -2.29. The summed E-state index contributed by atoms with van der Waals surface area (Å²) in [5, 5.41) is 3.86. The summed E-state index contributed by atoms with van der Waals surface area (Å²) in [7, 11) is 0. The van der Waals surface area contributed by atoms with Crippen molar-refractivity contribution < 1.29 is 14.4 Å². The van der Waals surface area contributed by atoms with Crippen molar-refractivity contribution in [3.63, 3.8) is 0 Å². The Balaban J connectivity index is 1.34. The monoisotopic (exact) mass is 477 g/mol. The summed E-state index contributed by atoms with van der Waals surface area (Å²) in [5.74, 6) is -0.870. The van der Waals surface area contributed by atoms with Gasteiger partial charge in [0.2, 0.25) is 5.91 Å². The molecule has 4 rings (SSSR count). The van der Waals surface area contributed by atoms with Crippen LogP contribution in [0.2, 0.25) is 5.02 Å². The van der Waals surface area contributed by atoms with E-state index in [-0.39, 0.29) is 30.7 Å². The molecule has 1 aliphatic rings. The van der Waals surface area contributed by atoms with E-state index >= 15 is 0 Å². The van der Waals surface area contributed by atoms with Gasteiger partial charge in [0.05, 0.1) is 21.3 Å². The molecule has 0 fully saturated rings. The number of amides is 3. The normalized spacial score (nSPS) is 13.3. The average Bonchev–Trinajstić information content (AvgIpc) is 3.14. The van der Waals surface area contributed by atoms with Gasteiger partial charge in [0.15, 0.2) is 5.13 Å². The molecule has 0 saturated carbocycles. The lowest BCUT2D eigenvalue weighted by molar-refractivity contribution is -0.116. The van der Waals surface area contributed by atoms with Gasteiger partial charge in [-0.2, -0.15) is 0 Å². The molecule has 6 nitrogen and oxygen atoms in total. The molecular weight excluding hydrogens is 466 g/mol. The molecule has 0 bridgehead atoms. The molecular formula is C19H13BrClN3O3S. The van der Waals surface area contributed by atoms with E-state index in [0.29, 0.717) is 27.7 Å². The van der Waals surface area contributed by atoms with Crippen LogP contribution >= 0.6 is 38.9 Å². The molecule has 2 heterocycles. The van der Waals surface area contributed by atoms with E-state index in [1.165, 1.54) is 16.2 Å². The highest BCUT2D eigenvalue weighted by molar-refractivity contribution is 9.10. The lowest BCUT2D eigenvalue weighted by Crippen LogP contribution is -2.31. The van der Waals surface area contributed by atoms with Crippen LogP contribution < -0.4 is 5.32 Å². The molecule has 3 aromatic rings. The number of benzene rings is 2. The van der Waals surface area contributed by atoms with E-state index in [1.54, 1.807) is 36.4 Å². The number of carbonyl (C=O) groups excluding carboxylic acids is 3. The van der Waals surface area contributed by atoms with Gasteiger partial charge in [0.1, 0.15) is 0 Å². The summed E-state index contributed by atoms with van der Waals surface area (Å²) >= 11 is 10.6. The van der Waals surface area contributed by atoms with Gasteiger partial charge in [-0.3, -0.25) is 19.3 Å². The van der Waals surface area contributed by atoms with Crippen LogP contribution in [0.15, 0.2) is 40.9 Å². The summed E-state index contributed by atoms with van der Waals surface area (Å²) in [6, 6.07) is 10.3. The molecule has 0 radical (unpaired) electrons. The van der Waals surface area contributed by atoms with Gasteiger partial charge in [0, 0.05) is 22.5 Å². The van der Waals surface area contributed by atoms with Gasteiger partial charge in [0.25, 0.3) is 11.8 Å². The van der Waals surface area contributed by atoms with Crippen molar-refractivity contribution in [2.45, 2.75) is 12.8 Å². The second kappa shape index (κ2) is 7.62. The Labute approximate surface area is 177 Å². The number of hydrogen-bond acceptors (Lipinski definition) is 5. The van der Waals surface area contributed by atoms with E-state index in [9.17, 15) is 14.4 Å². The molecule has 0 aliphatic carbocycles. The number of rotatable bonds is 5. The predicted octanol–water partition coefficient (Wildman–Crippen LogP) is 4.73. The van der Waals surface area contributed by atoms with Crippen LogP contribution in [0.4, 0.5) is 5.13 Å². The number of hydrogen-bond donors (Lipinski definition) is 1. The first-order valence-corrected chi connectivity index (χ1v) is 10.4. The van der Waals surface area contributed by atoms with Crippen molar-refractivity contribution in [3.8, 4) is 0 Å². The summed E-state index contributed by atoms with van der Waals surface area (Å²) in [6.07, 6.45) is 0.545. The molecule has 0 saturated heterocycles. The van der Waals surface area contributed by atoms with Gasteiger partial charge in [-0.15, -0.1) is 0 Å². The SMILES string of the molecule is O=C(CCCN1C(=O)c2ccc(Br)cc2C1=O)Nc1nc2ccc(Cl)cc2s1. The zero-order valence-corrected chi connectivity index (χ0v) is 17.5. The molecule has 1 aliphatic heterocycles. The lowest BCUT2D eigenvalue weighted by atomic mass is 10.1. The summed E-state index contributed by atoms with van der Waals surface area (Å²) in [4.78, 5) is 42.5. The Morgan fingerprint density at radius 1 is 1.14 bits per heavy atom. The fourth-order valence-corrected chi connectivity index (χ4v) is 4.52. The molecule has 142 valence electrons. The minimum atomic E-state index is -0.329. The van der Waals surface area contributed by atoms with E-state index < -0.39 is 0 Å². The highest BCUT2D eigenvalue weighted by Gasteiger charge is 2.35. The van der Waals surface area contributed by atoms with Gasteiger partial charge in [-0.05, 0) is 42.8 Å². The number of nitrogens with one attached hydrogen (secondary N) is 1. The fourth-order valence-electron chi connectivity index (χ4n) is 3.00. The molecule has 9 heteroatoms. The second-order valence-electron chi connectivity index (χ2n) is 6.23. The number of anilines is 1. The zero-order valence-electron chi connectivity index (χ0n) is 14.4. The summed E-state index contributed by atoms with van der Waals surface area (Å²) in [5.41, 5.74) is 1.55. The molecule has 0 atom stereocenters. The van der Waals surface area contributed by atoms with Gasteiger partial charge in [-0.1, -0.05) is 38.9 Å². The molecule has 0 spiro atoms. The maximum Gasteiger partial charge on any atom is 0.261 e. The zero-order chi connectivity index (χ0) is 19.8. The highest BCUT2D eigenvalue weighted by atomic mass is 79.9. The number of fused-ring (bicyclic) bond motifs is 2. The third-order valence-corrected chi connectivity index (χ3v) is 5.98. The first-order valence-electron chi connectivity index (χ1n) is 8.44. The Morgan fingerprint density at radius 2 is 1.93 bits per heavy atom. The number of carbonyl (C=O) groups is 3. The van der Waals surface area contributed by atoms with Crippen molar-refractivity contribution >= 4 is 71.9 Å². The molecule has 3 amide bonds. The van der Waals surface area contributed by atoms with E-state index in [1.807, 2.05) is 0 Å². The smallest absolute Gasteiger partial charge is 0.261 e. The number of imide groups is 1. The van der Waals surface area contributed by atoms with Crippen LogP contribution in [-0.2, 0) is 4.79 Å². The quantitative estimate of drug-likeness (QED) is 0.538. The van der Waals surface area contributed by atoms with E-state index in [0.717, 1.165) is 14.7 Å². The maximum atomic E-state index is 12.4. The van der Waals surface area contributed by atoms with Crippen molar-refractivity contribution in [2.75, 3.05) is 11.9 Å². The number of nitrogens with zero attached hydrogens (tertiary/aromatic N) is 2. The minimum absolute atomic E-state index is 0.174. The van der Waals surface area contributed by atoms with Crippen LogP contribution in [0.25, 0.3) is 10.2 Å². The van der Waals surface area contributed by atoms with E-state index in [4.69, 9.17) is 11.6 Å². The molecule has 28 heavy (non-hydrogen) atoms. The van der Waals surface area contributed by atoms with Crippen molar-refractivity contribution in [2.24, 2.45) is 0 Å². The maximum absolute atomic E-state index is 12.4. The van der Waals surface area contributed by atoms with Crippen LogP contribution in [0, 0.1) is 0 Å². The molecule has 1 aromatic heterocycles. The predicted molar refractivity (Wildman–Crippen MR) is 112 cm³/mol. The van der Waals surface area contributed by atoms with Crippen molar-refractivity contribution in [3.05, 3.63) is 57.0 Å². The highest BCUT2D eigenvalue weighted by Crippen LogP contribution is 2.29. The van der Waals surface area contributed by atoms with Crippen molar-refractivity contribution in [1.29, 1.82) is 0 Å². The van der Waals surface area contributed by atoms with Gasteiger partial charge >= 0.3 is 0 Å². The third-order valence-electron chi connectivity index (χ3n) is 4.32. The summed E-state index contributed by atoms with van der Waals surface area (Å²) < 4.78 is 1.63. The Kier molecular flexibility index (Phi) is 5.18. The average molecular weight is 479 g/mol. The lowest BCUT2D eigenvalue weighted by Gasteiger charge is -2.13. The number of halogens is 2. The Morgan fingerprint density at radius 3 is 2.75 bits per heavy atom. The van der Waals surface area contributed by atoms with Crippen LogP contribution in [0.3, 0.4) is 0 Å². The second-order valence-corrected chi connectivity index (χ2v) is 8.62. The Bertz CT molecular complexity index is 1130. The van der Waals surface area contributed by atoms with Crippen LogP contribution in [-0.4, -0.2) is 34.2 Å². The van der Waals surface area contributed by atoms with E-state index in [2.05, 4.69) is 26.2 Å². The standard InChI is InChI=1S/C19H13BrClN3O3S/c20-10-3-5-12-13(8-10)18(27)24(17(12)26)7-1-2-16(25)23-19-22-14-6-4-11(21)9-15(14)28-19/h3-6,8-9H,1-2,7H2,(H,22,23,25). The summed E-state index contributed by atoms with van der Waals surface area (Å²) in [6.45, 7) is 0.187. The first kappa shape index (κ1) is 19.0. The van der Waals surface area contributed by atoms with Gasteiger partial charge < -0.3 is 5.32 Å².